The average molecular weight is 262 g/mol. The van der Waals surface area contributed by atoms with E-state index in [-0.39, 0.29) is 0 Å². The van der Waals surface area contributed by atoms with Crippen LogP contribution in [0.1, 0.15) is 10.4 Å². The van der Waals surface area contributed by atoms with Crippen LogP contribution in [0, 0.1) is 0 Å². The third-order valence-electron chi connectivity index (χ3n) is 2.51. The van der Waals surface area contributed by atoms with Crippen molar-refractivity contribution >= 4 is 29.3 Å². The zero-order valence-corrected chi connectivity index (χ0v) is 10.6. The molecule has 0 fully saturated rings. The molecule has 2 aromatic rings. The van der Waals surface area contributed by atoms with E-state index in [4.69, 9.17) is 16.3 Å². The van der Waals surface area contributed by atoms with Crippen LogP contribution in [0.5, 0.6) is 5.75 Å². The quantitative estimate of drug-likeness (QED) is 0.848. The first-order valence-electron chi connectivity index (χ1n) is 5.39. The Labute approximate surface area is 110 Å². The van der Waals surface area contributed by atoms with Crippen molar-refractivity contribution in [1.82, 2.24) is 0 Å². The number of halogens is 1. The monoisotopic (exact) mass is 261 g/mol. The number of benzene rings is 2. The van der Waals surface area contributed by atoms with Gasteiger partial charge in [-0.15, -0.1) is 0 Å². The van der Waals surface area contributed by atoms with Gasteiger partial charge in [0.05, 0.1) is 17.8 Å². The highest BCUT2D eigenvalue weighted by Gasteiger charge is 2.04. The van der Waals surface area contributed by atoms with Crippen molar-refractivity contribution in [3.05, 3.63) is 53.1 Å². The Bertz CT molecular complexity index is 569. The van der Waals surface area contributed by atoms with E-state index >= 15 is 0 Å². The van der Waals surface area contributed by atoms with Crippen molar-refractivity contribution in [2.24, 2.45) is 0 Å². The molecule has 0 aromatic heterocycles. The normalized spacial score (nSPS) is 9.89. The molecular weight excluding hydrogens is 250 g/mol. The highest BCUT2D eigenvalue weighted by atomic mass is 35.5. The highest BCUT2D eigenvalue weighted by Crippen LogP contribution is 2.28. The number of anilines is 2. The molecule has 3 nitrogen and oxygen atoms in total. The number of carbonyl (C=O) groups is 1. The number of ether oxygens (including phenoxy) is 1. The lowest BCUT2D eigenvalue weighted by Gasteiger charge is -2.11. The van der Waals surface area contributed by atoms with Crippen molar-refractivity contribution in [1.29, 1.82) is 0 Å². The lowest BCUT2D eigenvalue weighted by Crippen LogP contribution is -1.95. The Morgan fingerprint density at radius 3 is 2.67 bits per heavy atom. The fourth-order valence-corrected chi connectivity index (χ4v) is 1.83. The van der Waals surface area contributed by atoms with Crippen LogP contribution < -0.4 is 10.1 Å². The molecule has 0 aliphatic rings. The fourth-order valence-electron chi connectivity index (χ4n) is 1.60. The molecule has 18 heavy (non-hydrogen) atoms. The van der Waals surface area contributed by atoms with Crippen LogP contribution in [-0.2, 0) is 0 Å². The van der Waals surface area contributed by atoms with Gasteiger partial charge in [-0.3, -0.25) is 4.79 Å². The molecular formula is C14H12ClNO2. The molecule has 0 unspecified atom stereocenters. The summed E-state index contributed by atoms with van der Waals surface area (Å²) in [6.07, 6.45) is 0.731. The predicted octanol–water partition coefficient (Wildman–Crippen LogP) is 3.90. The van der Waals surface area contributed by atoms with Crippen LogP contribution in [0.3, 0.4) is 0 Å². The second kappa shape index (κ2) is 5.56. The van der Waals surface area contributed by atoms with Crippen molar-refractivity contribution in [3.8, 4) is 5.75 Å². The van der Waals surface area contributed by atoms with E-state index in [0.29, 0.717) is 10.6 Å². The third kappa shape index (κ3) is 2.63. The van der Waals surface area contributed by atoms with Crippen LogP contribution in [0.25, 0.3) is 0 Å². The summed E-state index contributed by atoms with van der Waals surface area (Å²) in [6, 6.07) is 12.7. The molecule has 2 rings (SSSR count). The summed E-state index contributed by atoms with van der Waals surface area (Å²) >= 11 is 5.97. The van der Waals surface area contributed by atoms with Gasteiger partial charge in [0.25, 0.3) is 0 Å². The van der Waals surface area contributed by atoms with Gasteiger partial charge in [0.15, 0.2) is 6.29 Å². The Balaban J connectivity index is 2.28. The van der Waals surface area contributed by atoms with Gasteiger partial charge in [0.2, 0.25) is 0 Å². The minimum Gasteiger partial charge on any atom is -0.495 e. The maximum Gasteiger partial charge on any atom is 0.151 e. The number of carbonyl (C=O) groups excluding carboxylic acids is 1. The first kappa shape index (κ1) is 12.5. The molecule has 2 aromatic carbocycles. The van der Waals surface area contributed by atoms with E-state index < -0.39 is 0 Å². The summed E-state index contributed by atoms with van der Waals surface area (Å²) in [6.45, 7) is 0. The zero-order valence-electron chi connectivity index (χ0n) is 9.81. The van der Waals surface area contributed by atoms with Crippen LogP contribution in [0.4, 0.5) is 11.4 Å². The van der Waals surface area contributed by atoms with Gasteiger partial charge >= 0.3 is 0 Å². The summed E-state index contributed by atoms with van der Waals surface area (Å²) in [7, 11) is 1.61. The summed E-state index contributed by atoms with van der Waals surface area (Å²) in [5, 5.41) is 3.61. The van der Waals surface area contributed by atoms with Gasteiger partial charge in [-0.25, -0.2) is 0 Å². The lowest BCUT2D eigenvalue weighted by atomic mass is 10.2. The molecule has 0 aliphatic carbocycles. The molecule has 0 radical (unpaired) electrons. The minimum atomic E-state index is 0.421. The van der Waals surface area contributed by atoms with Crippen molar-refractivity contribution < 1.29 is 9.53 Å². The molecule has 0 bridgehead atoms. The SMILES string of the molecule is COc1ccccc1Nc1ccc(C=O)c(Cl)c1. The predicted molar refractivity (Wildman–Crippen MR) is 73.1 cm³/mol. The number of aldehydes is 1. The van der Waals surface area contributed by atoms with Gasteiger partial charge < -0.3 is 10.1 Å². The number of rotatable bonds is 4. The van der Waals surface area contributed by atoms with Crippen molar-refractivity contribution in [2.45, 2.75) is 0 Å². The van der Waals surface area contributed by atoms with Crippen LogP contribution in [0.2, 0.25) is 5.02 Å². The molecule has 0 aliphatic heterocycles. The Hall–Kier alpha value is -2.00. The molecule has 0 saturated carbocycles. The summed E-state index contributed by atoms with van der Waals surface area (Å²) in [5.41, 5.74) is 2.12. The van der Waals surface area contributed by atoms with E-state index in [2.05, 4.69) is 5.32 Å². The van der Waals surface area contributed by atoms with Gasteiger partial charge in [-0.05, 0) is 30.3 Å². The molecule has 0 heterocycles. The van der Waals surface area contributed by atoms with E-state index in [1.807, 2.05) is 24.3 Å². The van der Waals surface area contributed by atoms with E-state index in [1.54, 1.807) is 25.3 Å². The van der Waals surface area contributed by atoms with E-state index in [0.717, 1.165) is 23.4 Å². The first-order valence-corrected chi connectivity index (χ1v) is 5.77. The summed E-state index contributed by atoms with van der Waals surface area (Å²) in [5.74, 6) is 0.744. The third-order valence-corrected chi connectivity index (χ3v) is 2.84. The second-order valence-electron chi connectivity index (χ2n) is 3.68. The zero-order chi connectivity index (χ0) is 13.0. The number of hydrogen-bond donors (Lipinski definition) is 1. The lowest BCUT2D eigenvalue weighted by molar-refractivity contribution is 0.112. The second-order valence-corrected chi connectivity index (χ2v) is 4.09. The minimum absolute atomic E-state index is 0.421. The Kier molecular flexibility index (Phi) is 3.85. The number of methoxy groups -OCH3 is 1. The van der Waals surface area contributed by atoms with E-state index in [9.17, 15) is 4.79 Å². The number of nitrogens with one attached hydrogen (secondary N) is 1. The molecule has 92 valence electrons. The average Bonchev–Trinajstić information content (AvgIpc) is 2.39. The van der Waals surface area contributed by atoms with Gasteiger partial charge in [0.1, 0.15) is 5.75 Å². The largest absolute Gasteiger partial charge is 0.495 e. The maximum atomic E-state index is 10.7. The molecule has 1 N–H and O–H groups in total. The first-order chi connectivity index (χ1) is 8.74. The van der Waals surface area contributed by atoms with Crippen molar-refractivity contribution in [2.75, 3.05) is 12.4 Å². The number of hydrogen-bond acceptors (Lipinski definition) is 3. The maximum absolute atomic E-state index is 10.7. The van der Waals surface area contributed by atoms with Crippen LogP contribution >= 0.6 is 11.6 Å². The van der Waals surface area contributed by atoms with Crippen molar-refractivity contribution in [3.63, 3.8) is 0 Å². The molecule has 0 saturated heterocycles. The molecule has 0 amide bonds. The smallest absolute Gasteiger partial charge is 0.151 e. The molecule has 0 atom stereocenters. The summed E-state index contributed by atoms with van der Waals surface area (Å²) < 4.78 is 5.24. The topological polar surface area (TPSA) is 38.3 Å². The van der Waals surface area contributed by atoms with Gasteiger partial charge in [-0.1, -0.05) is 23.7 Å². The Morgan fingerprint density at radius 2 is 2.00 bits per heavy atom. The fraction of sp³-hybridized carbons (Fsp3) is 0.0714. The Morgan fingerprint density at radius 1 is 1.22 bits per heavy atom. The standard InChI is InChI=1S/C14H12ClNO2/c1-18-14-5-3-2-4-13(14)16-11-7-6-10(9-17)12(15)8-11/h2-9,16H,1H3. The highest BCUT2D eigenvalue weighted by molar-refractivity contribution is 6.33. The number of para-hydroxylation sites is 2. The summed E-state index contributed by atoms with van der Waals surface area (Å²) in [4.78, 5) is 10.7. The van der Waals surface area contributed by atoms with Crippen LogP contribution in [-0.4, -0.2) is 13.4 Å². The van der Waals surface area contributed by atoms with Gasteiger partial charge in [-0.2, -0.15) is 0 Å². The molecule has 0 spiro atoms. The molecule has 4 heteroatoms. The van der Waals surface area contributed by atoms with Gasteiger partial charge in [0, 0.05) is 11.3 Å². The van der Waals surface area contributed by atoms with Crippen LogP contribution in [0.15, 0.2) is 42.5 Å². The van der Waals surface area contributed by atoms with E-state index in [1.165, 1.54) is 0 Å².